The van der Waals surface area contributed by atoms with Gasteiger partial charge in [-0.2, -0.15) is 8.78 Å². The lowest BCUT2D eigenvalue weighted by atomic mass is 9.77. The van der Waals surface area contributed by atoms with E-state index in [2.05, 4.69) is 42.0 Å². The molecule has 3 heteroatoms. The Morgan fingerprint density at radius 3 is 2.00 bits per heavy atom. The zero-order valence-electron chi connectivity index (χ0n) is 16.6. The number of benzene rings is 2. The summed E-state index contributed by atoms with van der Waals surface area (Å²) in [5, 5.41) is 0. The second kappa shape index (κ2) is 10.4. The van der Waals surface area contributed by atoms with Crippen LogP contribution in [0.2, 0.25) is 0 Å². The fourth-order valence-electron chi connectivity index (χ4n) is 4.11. The molecule has 2 aromatic rings. The topological polar surface area (TPSA) is 9.23 Å². The van der Waals surface area contributed by atoms with E-state index in [-0.39, 0.29) is 5.75 Å². The van der Waals surface area contributed by atoms with E-state index in [1.807, 2.05) is 6.08 Å². The van der Waals surface area contributed by atoms with E-state index in [9.17, 15) is 8.78 Å². The summed E-state index contributed by atoms with van der Waals surface area (Å²) < 4.78 is 28.8. The monoisotopic (exact) mass is 384 g/mol. The fourth-order valence-corrected chi connectivity index (χ4v) is 4.11. The van der Waals surface area contributed by atoms with Crippen molar-refractivity contribution in [3.05, 3.63) is 65.2 Å². The van der Waals surface area contributed by atoms with Crippen LogP contribution in [-0.4, -0.2) is 6.61 Å². The molecule has 3 rings (SSSR count). The summed E-state index contributed by atoms with van der Waals surface area (Å²) in [6.45, 7) is -0.510. The number of hydrogen-bond donors (Lipinski definition) is 0. The van der Waals surface area contributed by atoms with E-state index >= 15 is 0 Å². The first-order chi connectivity index (χ1) is 13.6. The van der Waals surface area contributed by atoms with Crippen LogP contribution in [0.4, 0.5) is 8.78 Å². The van der Waals surface area contributed by atoms with E-state index in [0.29, 0.717) is 5.92 Å². The minimum atomic E-state index is -2.79. The van der Waals surface area contributed by atoms with Crippen LogP contribution < -0.4 is 4.74 Å². The zero-order chi connectivity index (χ0) is 19.8. The van der Waals surface area contributed by atoms with Gasteiger partial charge in [0.15, 0.2) is 0 Å². The van der Waals surface area contributed by atoms with Crippen molar-refractivity contribution < 1.29 is 13.5 Å². The van der Waals surface area contributed by atoms with Crippen LogP contribution in [0, 0.1) is 5.92 Å². The molecule has 28 heavy (non-hydrogen) atoms. The maximum Gasteiger partial charge on any atom is 0.387 e. The molecule has 1 nitrogen and oxygen atoms in total. The molecule has 0 bridgehead atoms. The number of rotatable bonds is 8. The molecule has 1 aliphatic carbocycles. The van der Waals surface area contributed by atoms with Gasteiger partial charge in [0, 0.05) is 0 Å². The zero-order valence-corrected chi connectivity index (χ0v) is 16.6. The lowest BCUT2D eigenvalue weighted by Gasteiger charge is -2.28. The van der Waals surface area contributed by atoms with Crippen molar-refractivity contribution >= 4 is 12.2 Å². The molecule has 0 aromatic heterocycles. The van der Waals surface area contributed by atoms with Crippen LogP contribution in [0.5, 0.6) is 5.75 Å². The minimum Gasteiger partial charge on any atom is -0.435 e. The molecule has 0 saturated heterocycles. The van der Waals surface area contributed by atoms with Crippen LogP contribution in [0.25, 0.3) is 12.2 Å². The normalized spacial score (nSPS) is 20.0. The van der Waals surface area contributed by atoms with Crippen LogP contribution >= 0.6 is 0 Å². The first-order valence-corrected chi connectivity index (χ1v) is 10.5. The lowest BCUT2D eigenvalue weighted by Crippen LogP contribution is -2.13. The average molecular weight is 385 g/mol. The molecule has 0 unspecified atom stereocenters. The lowest BCUT2D eigenvalue weighted by molar-refractivity contribution is -0.0498. The Bertz CT molecular complexity index is 726. The molecule has 0 spiro atoms. The van der Waals surface area contributed by atoms with Crippen molar-refractivity contribution in [2.24, 2.45) is 5.92 Å². The van der Waals surface area contributed by atoms with Gasteiger partial charge in [-0.25, -0.2) is 0 Å². The van der Waals surface area contributed by atoms with Gasteiger partial charge in [-0.05, 0) is 66.3 Å². The molecule has 0 atom stereocenters. The molecule has 0 heterocycles. The van der Waals surface area contributed by atoms with E-state index in [1.165, 1.54) is 50.5 Å². The summed E-state index contributed by atoms with van der Waals surface area (Å²) in [4.78, 5) is 0. The molecule has 0 amide bonds. The summed E-state index contributed by atoms with van der Waals surface area (Å²) in [5.41, 5.74) is 3.56. The standard InChI is InChI=1S/C25H30F2O/c1-2-3-4-19-7-13-22(14-8-19)23-15-9-20(10-16-23)5-6-21-11-17-24(18-12-21)28-25(26)27/h5-6,9-12,15-19,22,25H,2-4,7-8,13-14H2,1H3. The van der Waals surface area contributed by atoms with Gasteiger partial charge in [-0.3, -0.25) is 0 Å². The SMILES string of the molecule is CCCCC1CCC(c2ccc(C=Cc3ccc(OC(F)F)cc3)cc2)CC1. The van der Waals surface area contributed by atoms with Gasteiger partial charge in [0.2, 0.25) is 0 Å². The molecule has 1 fully saturated rings. The molecule has 150 valence electrons. The number of unbranched alkanes of at least 4 members (excludes halogenated alkanes) is 1. The summed E-state index contributed by atoms with van der Waals surface area (Å²) in [6, 6.07) is 15.5. The van der Waals surface area contributed by atoms with Crippen molar-refractivity contribution in [2.45, 2.75) is 64.4 Å². The van der Waals surface area contributed by atoms with E-state index in [4.69, 9.17) is 0 Å². The number of hydrogen-bond acceptors (Lipinski definition) is 1. The molecular formula is C25H30F2O. The quantitative estimate of drug-likeness (QED) is 0.420. The number of ether oxygens (including phenoxy) is 1. The molecule has 0 aliphatic heterocycles. The second-order valence-corrected chi connectivity index (χ2v) is 7.81. The molecule has 1 aliphatic rings. The maximum absolute atomic E-state index is 12.2. The Morgan fingerprint density at radius 1 is 0.893 bits per heavy atom. The van der Waals surface area contributed by atoms with Gasteiger partial charge in [0.05, 0.1) is 0 Å². The summed E-state index contributed by atoms with van der Waals surface area (Å²) in [5.74, 6) is 1.83. The van der Waals surface area contributed by atoms with E-state index in [1.54, 1.807) is 24.3 Å². The molecule has 1 saturated carbocycles. The third-order valence-corrected chi connectivity index (χ3v) is 5.79. The Hall–Kier alpha value is -2.16. The molecule has 2 aromatic carbocycles. The van der Waals surface area contributed by atoms with Crippen LogP contribution in [0.15, 0.2) is 48.5 Å². The predicted octanol–water partition coefficient (Wildman–Crippen LogP) is 7.92. The van der Waals surface area contributed by atoms with Gasteiger partial charge >= 0.3 is 6.61 Å². The Kier molecular flexibility index (Phi) is 7.64. The van der Waals surface area contributed by atoms with Crippen molar-refractivity contribution in [1.82, 2.24) is 0 Å². The fraction of sp³-hybridized carbons (Fsp3) is 0.440. The van der Waals surface area contributed by atoms with Crippen LogP contribution in [0.3, 0.4) is 0 Å². The van der Waals surface area contributed by atoms with Gasteiger partial charge < -0.3 is 4.74 Å². The van der Waals surface area contributed by atoms with Crippen molar-refractivity contribution in [3.8, 4) is 5.75 Å². The largest absolute Gasteiger partial charge is 0.435 e. The van der Waals surface area contributed by atoms with Gasteiger partial charge in [-0.15, -0.1) is 0 Å². The highest BCUT2D eigenvalue weighted by atomic mass is 19.3. The maximum atomic E-state index is 12.2. The Balaban J connectivity index is 1.52. The van der Waals surface area contributed by atoms with Crippen LogP contribution in [0.1, 0.15) is 74.5 Å². The molecule has 0 radical (unpaired) electrons. The molecule has 0 N–H and O–H groups in total. The van der Waals surface area contributed by atoms with E-state index in [0.717, 1.165) is 17.0 Å². The summed E-state index contributed by atoms with van der Waals surface area (Å²) >= 11 is 0. The van der Waals surface area contributed by atoms with Crippen molar-refractivity contribution in [1.29, 1.82) is 0 Å². The Labute approximate surface area is 167 Å². The average Bonchev–Trinajstić information content (AvgIpc) is 2.72. The highest BCUT2D eigenvalue weighted by Gasteiger charge is 2.21. The van der Waals surface area contributed by atoms with Gasteiger partial charge in [0.1, 0.15) is 5.75 Å². The third kappa shape index (κ3) is 6.19. The van der Waals surface area contributed by atoms with Crippen LogP contribution in [-0.2, 0) is 0 Å². The number of alkyl halides is 2. The van der Waals surface area contributed by atoms with Crippen molar-refractivity contribution in [3.63, 3.8) is 0 Å². The first-order valence-electron chi connectivity index (χ1n) is 10.5. The van der Waals surface area contributed by atoms with Crippen molar-refractivity contribution in [2.75, 3.05) is 0 Å². The highest BCUT2D eigenvalue weighted by molar-refractivity contribution is 5.69. The minimum absolute atomic E-state index is 0.181. The highest BCUT2D eigenvalue weighted by Crippen LogP contribution is 2.37. The third-order valence-electron chi connectivity index (χ3n) is 5.79. The van der Waals surface area contributed by atoms with Gasteiger partial charge in [-0.1, -0.05) is 74.7 Å². The molecular weight excluding hydrogens is 354 g/mol. The first kappa shape index (κ1) is 20.6. The predicted molar refractivity (Wildman–Crippen MR) is 113 cm³/mol. The summed E-state index contributed by atoms with van der Waals surface area (Å²) in [6.07, 6.45) is 13.5. The summed E-state index contributed by atoms with van der Waals surface area (Å²) in [7, 11) is 0. The second-order valence-electron chi connectivity index (χ2n) is 7.81. The van der Waals surface area contributed by atoms with Gasteiger partial charge in [0.25, 0.3) is 0 Å². The smallest absolute Gasteiger partial charge is 0.387 e. The van der Waals surface area contributed by atoms with E-state index < -0.39 is 6.61 Å². The Morgan fingerprint density at radius 2 is 1.46 bits per heavy atom. The number of halogens is 2.